The second-order valence-corrected chi connectivity index (χ2v) is 28.7. The zero-order chi connectivity index (χ0) is 65.7. The summed E-state index contributed by atoms with van der Waals surface area (Å²) in [6.07, 6.45) is 47.3. The summed E-state index contributed by atoms with van der Waals surface area (Å²) in [6.45, 7) is 9.47. The summed E-state index contributed by atoms with van der Waals surface area (Å²) in [5, 5.41) is 10.6. The standard InChI is InChI=1S/C70H136O17P2/c1-7-11-13-15-17-19-20-21-22-23-24-25-26-27-28-29-35-42-48-54-69(74)86-65(58-81-68(73)53-47-41-34-31-30-32-38-44-50-62(5)9-3)60-84-88(76,77)82-56-64(71)57-83-89(78,79)85-61-66(59-80-67(72)52-46-40-33-18-16-14-12-8-2)87-70(75)55-49-43-37-36-39-45-51-63(6)10-4/h62-66,71H,7-61H2,1-6H3,(H,76,77)(H,78,79)/t62?,63?,64-,65-,66-/m1/s1. The van der Waals surface area contributed by atoms with E-state index in [1.165, 1.54) is 167 Å². The second-order valence-electron chi connectivity index (χ2n) is 25.8. The summed E-state index contributed by atoms with van der Waals surface area (Å²) in [4.78, 5) is 72.4. The third-order valence-electron chi connectivity index (χ3n) is 16.9. The van der Waals surface area contributed by atoms with Crippen LogP contribution in [0.2, 0.25) is 0 Å². The van der Waals surface area contributed by atoms with Crippen molar-refractivity contribution in [2.24, 2.45) is 11.8 Å². The van der Waals surface area contributed by atoms with Crippen molar-refractivity contribution in [1.82, 2.24) is 0 Å². The van der Waals surface area contributed by atoms with Crippen LogP contribution < -0.4 is 0 Å². The van der Waals surface area contributed by atoms with E-state index >= 15 is 0 Å². The number of ether oxygens (including phenoxy) is 4. The van der Waals surface area contributed by atoms with Crippen molar-refractivity contribution in [3.63, 3.8) is 0 Å². The topological polar surface area (TPSA) is 237 Å². The molecule has 0 aromatic carbocycles. The first-order valence-corrected chi connectivity index (χ1v) is 39.6. The van der Waals surface area contributed by atoms with Gasteiger partial charge in [0.05, 0.1) is 26.4 Å². The van der Waals surface area contributed by atoms with E-state index < -0.39 is 97.5 Å². The molecule has 0 spiro atoms. The fourth-order valence-electron chi connectivity index (χ4n) is 10.5. The lowest BCUT2D eigenvalue weighted by Crippen LogP contribution is -2.30. The fraction of sp³-hybridized carbons (Fsp3) is 0.943. The maximum atomic E-state index is 13.0. The quantitative estimate of drug-likeness (QED) is 0.0222. The highest BCUT2D eigenvalue weighted by Gasteiger charge is 2.30. The molecule has 0 fully saturated rings. The maximum Gasteiger partial charge on any atom is 0.472 e. The molecule has 4 unspecified atom stereocenters. The highest BCUT2D eigenvalue weighted by molar-refractivity contribution is 7.47. The molecular weight excluding hydrogens is 1170 g/mol. The molecule has 0 heterocycles. The van der Waals surface area contributed by atoms with Gasteiger partial charge in [-0.1, -0.05) is 305 Å². The van der Waals surface area contributed by atoms with E-state index in [1.807, 2.05) is 0 Å². The SMILES string of the molecule is CCCCCCCCCCCCCCCCCCCCCC(=O)O[C@H](COC(=O)CCCCCCCCCCC(C)CC)COP(=O)(O)OC[C@@H](O)COP(=O)(O)OC[C@@H](COC(=O)CCCCCCCCCC)OC(=O)CCCCCCCCC(C)CC. The summed E-state index contributed by atoms with van der Waals surface area (Å²) < 4.78 is 68.2. The Labute approximate surface area is 543 Å². The van der Waals surface area contributed by atoms with E-state index in [1.54, 1.807) is 0 Å². The molecule has 0 bridgehead atoms. The van der Waals surface area contributed by atoms with Crippen LogP contribution in [0.3, 0.4) is 0 Å². The minimum absolute atomic E-state index is 0.103. The van der Waals surface area contributed by atoms with Crippen LogP contribution in [-0.2, 0) is 65.4 Å². The predicted molar refractivity (Wildman–Crippen MR) is 358 cm³/mol. The molecule has 7 atom stereocenters. The van der Waals surface area contributed by atoms with Crippen LogP contribution >= 0.6 is 15.6 Å². The number of carbonyl (C=O) groups excluding carboxylic acids is 4. The van der Waals surface area contributed by atoms with Gasteiger partial charge in [-0.25, -0.2) is 9.13 Å². The molecule has 0 aromatic rings. The van der Waals surface area contributed by atoms with E-state index in [0.717, 1.165) is 108 Å². The van der Waals surface area contributed by atoms with Crippen LogP contribution in [0.25, 0.3) is 0 Å². The number of unbranched alkanes of at least 4 members (excludes halogenated alkanes) is 37. The lowest BCUT2D eigenvalue weighted by molar-refractivity contribution is -0.161. The smallest absolute Gasteiger partial charge is 0.462 e. The Hall–Kier alpha value is -1.94. The van der Waals surface area contributed by atoms with Gasteiger partial charge in [0.25, 0.3) is 0 Å². The Morgan fingerprint density at radius 2 is 0.539 bits per heavy atom. The number of hydrogen-bond donors (Lipinski definition) is 3. The summed E-state index contributed by atoms with van der Waals surface area (Å²) in [5.41, 5.74) is 0. The molecular formula is C70H136O17P2. The Bertz CT molecular complexity index is 1740. The maximum absolute atomic E-state index is 13.0. The van der Waals surface area contributed by atoms with Gasteiger partial charge in [0.15, 0.2) is 12.2 Å². The Kier molecular flexibility index (Phi) is 60.8. The average molecular weight is 1310 g/mol. The molecule has 0 radical (unpaired) electrons. The number of rotatable bonds is 69. The van der Waals surface area contributed by atoms with Crippen molar-refractivity contribution in [2.45, 2.75) is 374 Å². The van der Waals surface area contributed by atoms with Gasteiger partial charge >= 0.3 is 39.5 Å². The molecule has 0 aliphatic rings. The number of hydrogen-bond acceptors (Lipinski definition) is 15. The average Bonchev–Trinajstić information content (AvgIpc) is 3.73. The summed E-state index contributed by atoms with van der Waals surface area (Å²) in [5.74, 6) is -0.633. The van der Waals surface area contributed by atoms with Crippen LogP contribution in [0.15, 0.2) is 0 Å². The molecule has 19 heteroatoms. The Morgan fingerprint density at radius 1 is 0.315 bits per heavy atom. The monoisotopic (exact) mass is 1310 g/mol. The van der Waals surface area contributed by atoms with Crippen LogP contribution in [0.5, 0.6) is 0 Å². The number of aliphatic hydroxyl groups is 1. The van der Waals surface area contributed by atoms with E-state index in [9.17, 15) is 43.2 Å². The third-order valence-corrected chi connectivity index (χ3v) is 18.8. The number of carbonyl (C=O) groups is 4. The Morgan fingerprint density at radius 3 is 0.798 bits per heavy atom. The normalized spacial score (nSPS) is 14.8. The van der Waals surface area contributed by atoms with Crippen LogP contribution in [-0.4, -0.2) is 96.7 Å². The van der Waals surface area contributed by atoms with Gasteiger partial charge in [-0.2, -0.15) is 0 Å². The minimum atomic E-state index is -4.95. The number of aliphatic hydroxyl groups excluding tert-OH is 1. The van der Waals surface area contributed by atoms with Crippen molar-refractivity contribution in [3.8, 4) is 0 Å². The zero-order valence-electron chi connectivity index (χ0n) is 57.7. The number of phosphoric acid groups is 2. The van der Waals surface area contributed by atoms with E-state index in [2.05, 4.69) is 41.5 Å². The molecule has 0 rings (SSSR count). The summed E-state index contributed by atoms with van der Waals surface area (Å²) in [6, 6.07) is 0. The van der Waals surface area contributed by atoms with Gasteiger partial charge in [0.1, 0.15) is 19.3 Å². The molecule has 0 saturated heterocycles. The molecule has 0 aromatic heterocycles. The lowest BCUT2D eigenvalue weighted by Gasteiger charge is -2.21. The minimum Gasteiger partial charge on any atom is -0.462 e. The van der Waals surface area contributed by atoms with E-state index in [4.69, 9.17) is 37.0 Å². The first-order valence-electron chi connectivity index (χ1n) is 36.6. The van der Waals surface area contributed by atoms with Crippen LogP contribution in [0.1, 0.15) is 356 Å². The highest BCUT2D eigenvalue weighted by Crippen LogP contribution is 2.45. The van der Waals surface area contributed by atoms with Crippen molar-refractivity contribution in [1.29, 1.82) is 0 Å². The molecule has 89 heavy (non-hydrogen) atoms. The molecule has 17 nitrogen and oxygen atoms in total. The van der Waals surface area contributed by atoms with Gasteiger partial charge in [0, 0.05) is 25.7 Å². The zero-order valence-corrected chi connectivity index (χ0v) is 59.5. The fourth-order valence-corrected chi connectivity index (χ4v) is 12.1. The van der Waals surface area contributed by atoms with Crippen molar-refractivity contribution < 1.29 is 80.2 Å². The molecule has 528 valence electrons. The number of phosphoric ester groups is 2. The molecule has 0 aliphatic heterocycles. The lowest BCUT2D eigenvalue weighted by atomic mass is 9.99. The Balaban J connectivity index is 5.19. The summed E-state index contributed by atoms with van der Waals surface area (Å²) in [7, 11) is -9.90. The van der Waals surface area contributed by atoms with E-state index in [-0.39, 0.29) is 25.7 Å². The van der Waals surface area contributed by atoms with Crippen molar-refractivity contribution >= 4 is 39.5 Å². The first-order chi connectivity index (χ1) is 42.9. The molecule has 0 saturated carbocycles. The van der Waals surface area contributed by atoms with Crippen molar-refractivity contribution in [3.05, 3.63) is 0 Å². The highest BCUT2D eigenvalue weighted by atomic mass is 31.2. The number of esters is 4. The van der Waals surface area contributed by atoms with Crippen LogP contribution in [0.4, 0.5) is 0 Å². The van der Waals surface area contributed by atoms with Crippen molar-refractivity contribution in [2.75, 3.05) is 39.6 Å². The van der Waals surface area contributed by atoms with Gasteiger partial charge in [-0.05, 0) is 37.5 Å². The molecule has 0 amide bonds. The third kappa shape index (κ3) is 62.0. The predicted octanol–water partition coefficient (Wildman–Crippen LogP) is 20.0. The van der Waals surface area contributed by atoms with Gasteiger partial charge in [0.2, 0.25) is 0 Å². The molecule has 0 aliphatic carbocycles. The van der Waals surface area contributed by atoms with Gasteiger partial charge in [-0.3, -0.25) is 37.3 Å². The largest absolute Gasteiger partial charge is 0.472 e. The van der Waals surface area contributed by atoms with Gasteiger partial charge < -0.3 is 33.8 Å². The van der Waals surface area contributed by atoms with Gasteiger partial charge in [-0.15, -0.1) is 0 Å². The van der Waals surface area contributed by atoms with Crippen LogP contribution in [0, 0.1) is 11.8 Å². The first kappa shape index (κ1) is 87.1. The van der Waals surface area contributed by atoms with E-state index in [0.29, 0.717) is 25.7 Å². The second kappa shape index (κ2) is 62.2. The summed E-state index contributed by atoms with van der Waals surface area (Å²) >= 11 is 0. The molecule has 3 N–H and O–H groups in total.